The molecule has 3 nitrogen and oxygen atoms in total. The molecule has 0 aliphatic rings. The minimum Gasteiger partial charge on any atom is -0.318 e. The zero-order chi connectivity index (χ0) is 14.0. The largest absolute Gasteiger partial charge is 0.318 e. The topological polar surface area (TPSA) is 45.8 Å². The summed E-state index contributed by atoms with van der Waals surface area (Å²) in [5.74, 6) is -1.40. The van der Waals surface area contributed by atoms with Crippen LogP contribution in [0.15, 0.2) is 35.3 Å². The lowest BCUT2D eigenvalue weighted by Crippen LogP contribution is -2.14. The van der Waals surface area contributed by atoms with Crippen LogP contribution >= 0.6 is 0 Å². The van der Waals surface area contributed by atoms with Crippen molar-refractivity contribution in [3.63, 3.8) is 0 Å². The molecule has 5 heteroatoms. The Labute approximate surface area is 108 Å². The maximum absolute atomic E-state index is 13.7. The molecule has 0 aliphatic carbocycles. The number of aromatic nitrogens is 1. The Morgan fingerprint density at radius 3 is 2.68 bits per heavy atom. The van der Waals surface area contributed by atoms with Crippen molar-refractivity contribution < 1.29 is 8.78 Å². The van der Waals surface area contributed by atoms with Crippen LogP contribution in [-0.4, -0.2) is 4.57 Å². The zero-order valence-electron chi connectivity index (χ0n) is 10.2. The number of nitrogens with zero attached hydrogens (tertiary/aromatic N) is 2. The van der Waals surface area contributed by atoms with Gasteiger partial charge >= 0.3 is 0 Å². The average molecular weight is 260 g/mol. The number of pyridine rings is 1. The fourth-order valence-corrected chi connectivity index (χ4v) is 1.83. The third kappa shape index (κ3) is 2.52. The smallest absolute Gasteiger partial charge is 0.186 e. The molecule has 0 fully saturated rings. The van der Waals surface area contributed by atoms with Crippen molar-refractivity contribution in [1.29, 1.82) is 5.26 Å². The van der Waals surface area contributed by atoms with E-state index < -0.39 is 11.6 Å². The van der Waals surface area contributed by atoms with Crippen molar-refractivity contribution in [2.75, 3.05) is 0 Å². The van der Waals surface area contributed by atoms with Crippen LogP contribution in [0.2, 0.25) is 0 Å². The number of hydrogen-bond acceptors (Lipinski definition) is 2. The van der Waals surface area contributed by atoms with Gasteiger partial charge in [-0.15, -0.1) is 0 Å². The summed E-state index contributed by atoms with van der Waals surface area (Å²) in [6.45, 7) is 1.64. The molecule has 19 heavy (non-hydrogen) atoms. The van der Waals surface area contributed by atoms with E-state index in [-0.39, 0.29) is 23.1 Å². The number of hydrogen-bond donors (Lipinski definition) is 0. The summed E-state index contributed by atoms with van der Waals surface area (Å²) in [6.07, 6.45) is 1.36. The van der Waals surface area contributed by atoms with E-state index in [1.165, 1.54) is 22.9 Å². The molecular weight excluding hydrogens is 250 g/mol. The van der Waals surface area contributed by atoms with Crippen molar-refractivity contribution in [2.45, 2.75) is 13.3 Å². The lowest BCUT2D eigenvalue weighted by atomic mass is 10.2. The van der Waals surface area contributed by atoms with Gasteiger partial charge in [0.1, 0.15) is 11.6 Å². The Morgan fingerprint density at radius 1 is 1.32 bits per heavy atom. The SMILES string of the molecule is Cc1cc(=O)c(CC#N)cn1-c1ccc(F)cc1F. The Hall–Kier alpha value is -2.48. The van der Waals surface area contributed by atoms with E-state index in [4.69, 9.17) is 5.26 Å². The first-order valence-electron chi connectivity index (χ1n) is 5.57. The number of nitriles is 1. The van der Waals surface area contributed by atoms with Gasteiger partial charge < -0.3 is 4.57 Å². The van der Waals surface area contributed by atoms with Crippen LogP contribution in [0.1, 0.15) is 11.3 Å². The highest BCUT2D eigenvalue weighted by atomic mass is 19.1. The Kier molecular flexibility index (Phi) is 3.43. The van der Waals surface area contributed by atoms with Crippen LogP contribution in [-0.2, 0) is 6.42 Å². The molecule has 0 saturated carbocycles. The molecule has 0 radical (unpaired) electrons. The minimum atomic E-state index is -0.727. The standard InChI is InChI=1S/C14H10F2N2O/c1-9-6-14(19)10(4-5-17)8-18(9)13-3-2-11(15)7-12(13)16/h2-3,6-8H,4H2,1H3. The summed E-state index contributed by atoms with van der Waals surface area (Å²) in [5, 5.41) is 8.64. The van der Waals surface area contributed by atoms with Gasteiger partial charge in [-0.1, -0.05) is 0 Å². The number of halogens is 2. The van der Waals surface area contributed by atoms with Crippen LogP contribution < -0.4 is 5.43 Å². The van der Waals surface area contributed by atoms with E-state index in [9.17, 15) is 13.6 Å². The Balaban J connectivity index is 2.65. The highest BCUT2D eigenvalue weighted by Crippen LogP contribution is 2.16. The lowest BCUT2D eigenvalue weighted by Gasteiger charge is -2.12. The summed E-state index contributed by atoms with van der Waals surface area (Å²) in [6, 6.07) is 6.41. The molecule has 0 bridgehead atoms. The predicted molar refractivity (Wildman–Crippen MR) is 66.0 cm³/mol. The van der Waals surface area contributed by atoms with Gasteiger partial charge in [0.25, 0.3) is 0 Å². The van der Waals surface area contributed by atoms with E-state index in [1.54, 1.807) is 6.92 Å². The molecule has 0 saturated heterocycles. The lowest BCUT2D eigenvalue weighted by molar-refractivity contribution is 0.576. The first-order valence-corrected chi connectivity index (χ1v) is 5.57. The summed E-state index contributed by atoms with van der Waals surface area (Å²) >= 11 is 0. The van der Waals surface area contributed by atoms with Gasteiger partial charge in [0.2, 0.25) is 0 Å². The Bertz CT molecular complexity index is 729. The summed E-state index contributed by atoms with van der Waals surface area (Å²) in [5.41, 5.74) is 0.657. The fraction of sp³-hybridized carbons (Fsp3) is 0.143. The molecule has 0 amide bonds. The second kappa shape index (κ2) is 5.02. The van der Waals surface area contributed by atoms with Gasteiger partial charge in [-0.05, 0) is 19.1 Å². The highest BCUT2D eigenvalue weighted by Gasteiger charge is 2.10. The summed E-state index contributed by atoms with van der Waals surface area (Å²) in [4.78, 5) is 11.6. The number of rotatable bonds is 2. The van der Waals surface area contributed by atoms with Gasteiger partial charge in [-0.2, -0.15) is 5.26 Å². The first-order chi connectivity index (χ1) is 9.02. The van der Waals surface area contributed by atoms with E-state index in [1.807, 2.05) is 6.07 Å². The van der Waals surface area contributed by atoms with Crippen LogP contribution in [0.4, 0.5) is 8.78 Å². The molecule has 2 rings (SSSR count). The van der Waals surface area contributed by atoms with Crippen LogP contribution in [0.3, 0.4) is 0 Å². The third-order valence-corrected chi connectivity index (χ3v) is 2.76. The van der Waals surface area contributed by atoms with Crippen molar-refractivity contribution in [3.8, 4) is 11.8 Å². The van der Waals surface area contributed by atoms with E-state index >= 15 is 0 Å². The van der Waals surface area contributed by atoms with Crippen LogP contribution in [0.25, 0.3) is 5.69 Å². The molecule has 0 atom stereocenters. The van der Waals surface area contributed by atoms with Gasteiger partial charge in [-0.3, -0.25) is 4.79 Å². The zero-order valence-corrected chi connectivity index (χ0v) is 10.2. The molecule has 0 spiro atoms. The van der Waals surface area contributed by atoms with Crippen LogP contribution in [0.5, 0.6) is 0 Å². The summed E-state index contributed by atoms with van der Waals surface area (Å²) < 4.78 is 28.0. The van der Waals surface area contributed by atoms with Gasteiger partial charge in [0.15, 0.2) is 5.43 Å². The minimum absolute atomic E-state index is 0.0536. The quantitative estimate of drug-likeness (QED) is 0.832. The third-order valence-electron chi connectivity index (χ3n) is 2.76. The van der Waals surface area contributed by atoms with Crippen molar-refractivity contribution in [2.24, 2.45) is 0 Å². The summed E-state index contributed by atoms with van der Waals surface area (Å²) in [7, 11) is 0. The predicted octanol–water partition coefficient (Wildman–Crippen LogP) is 2.49. The van der Waals surface area contributed by atoms with Gasteiger partial charge in [0.05, 0.1) is 18.2 Å². The van der Waals surface area contributed by atoms with E-state index in [2.05, 4.69) is 0 Å². The Morgan fingerprint density at radius 2 is 2.05 bits per heavy atom. The molecule has 0 N–H and O–H groups in total. The maximum atomic E-state index is 13.7. The molecule has 96 valence electrons. The van der Waals surface area contributed by atoms with E-state index in [0.717, 1.165) is 12.1 Å². The fourth-order valence-electron chi connectivity index (χ4n) is 1.83. The second-order valence-corrected chi connectivity index (χ2v) is 4.10. The number of aryl methyl sites for hydroxylation is 1. The molecule has 1 heterocycles. The van der Waals surface area contributed by atoms with Gasteiger partial charge in [-0.25, -0.2) is 8.78 Å². The van der Waals surface area contributed by atoms with Crippen LogP contribution in [0, 0.1) is 29.9 Å². The molecule has 1 aromatic heterocycles. The highest BCUT2D eigenvalue weighted by molar-refractivity contribution is 5.37. The first kappa shape index (κ1) is 13.0. The molecule has 1 aromatic carbocycles. The number of benzene rings is 1. The van der Waals surface area contributed by atoms with Gasteiger partial charge in [0, 0.05) is 29.6 Å². The normalized spacial score (nSPS) is 10.2. The van der Waals surface area contributed by atoms with Crippen molar-refractivity contribution in [1.82, 2.24) is 4.57 Å². The van der Waals surface area contributed by atoms with Crippen molar-refractivity contribution in [3.05, 3.63) is 63.6 Å². The monoisotopic (exact) mass is 260 g/mol. The molecule has 2 aromatic rings. The second-order valence-electron chi connectivity index (χ2n) is 4.10. The molecular formula is C14H10F2N2O. The molecule has 0 aliphatic heterocycles. The van der Waals surface area contributed by atoms with E-state index in [0.29, 0.717) is 5.69 Å². The average Bonchev–Trinajstić information content (AvgIpc) is 2.34. The van der Waals surface area contributed by atoms with Crippen molar-refractivity contribution >= 4 is 0 Å². The maximum Gasteiger partial charge on any atom is 0.186 e. The molecule has 0 unspecified atom stereocenters.